The van der Waals surface area contributed by atoms with Crippen LogP contribution < -0.4 is 42.5 Å². The van der Waals surface area contributed by atoms with Crippen molar-refractivity contribution in [1.82, 2.24) is 64.4 Å². The van der Waals surface area contributed by atoms with Crippen LogP contribution in [-0.2, 0) is 55.1 Å². The van der Waals surface area contributed by atoms with Crippen molar-refractivity contribution in [2.24, 2.45) is 21.1 Å². The van der Waals surface area contributed by atoms with Gasteiger partial charge in [0.15, 0.2) is 57.7 Å². The Bertz CT molecular complexity index is 5970. The van der Waals surface area contributed by atoms with E-state index in [1.165, 1.54) is 25.2 Å². The molecule has 5 atom stereocenters. The summed E-state index contributed by atoms with van der Waals surface area (Å²) in [6.07, 6.45) is 5.68. The third kappa shape index (κ3) is 28.5. The maximum atomic E-state index is 13.2. The standard InChI is InChI=1S/C21H20Br2N6O2.C21H20N6O2.C13H12BrIN2O.C9H11IO3S.C8H9IO.C7H9BrN4.C5H5BrN2O/c1-12(31-18-8-13(22)10-26-20(18)25)14-6-4-5-7-15(14)21(30)28(2)11-16-19(23)17(9-24)29(3)27-16;1-12-14-6-4-5-7-15(14)21(28)26(2)11-16-19(17(9-22)27(3)25-16)13-8-18(29-12)20(23)24-10-13;1-8(10-4-2-3-5-11(10)15)18-12-6-9(14)7-17-13(12)16;1-7(13-14(2,11)12)8-5-3-4-6-9(8)10;1-6(10)7-4-2-3-5-8(7)9;1-10-4-5-7(8)6(3-9)12(2)11-5;6-3-1-4(9)5(7)8-2-3/h4-8,10,12H,11H2,1-3H3,(H2,25,26);4-8,10,12H,11H2,1-3H3,(H2,23,24);2-8H,1H3,(H2,16,17);3-7H,1-2H3;2-6,10H,1H3;10H,4H2,1-2H3;1-2,9H,(H2,7,8)/t2*12-;8-;7-;6-;;/m11100../s1. The number of aryl methyl sites for hydroxylation is 3. The van der Waals surface area contributed by atoms with Gasteiger partial charge in [-0.15, -0.1) is 0 Å². The lowest BCUT2D eigenvalue weighted by Crippen LogP contribution is -2.28. The van der Waals surface area contributed by atoms with Crippen LogP contribution >= 0.6 is 147 Å². The first kappa shape index (κ1) is 101. The van der Waals surface area contributed by atoms with Crippen LogP contribution in [0.3, 0.4) is 0 Å². The number of aromatic nitrogens is 10. The van der Waals surface area contributed by atoms with E-state index in [1.807, 2.05) is 131 Å². The summed E-state index contributed by atoms with van der Waals surface area (Å²) in [7, 11) is 6.99. The molecule has 0 unspecified atom stereocenters. The van der Waals surface area contributed by atoms with Gasteiger partial charge in [0.1, 0.15) is 48.3 Å². The predicted octanol–water partition coefficient (Wildman–Crippen LogP) is 17.6. The van der Waals surface area contributed by atoms with Gasteiger partial charge in [-0.05, 0) is 255 Å². The highest BCUT2D eigenvalue weighted by Gasteiger charge is 2.29. The van der Waals surface area contributed by atoms with E-state index in [2.05, 4.69) is 212 Å². The number of pyridine rings is 4. The molecule has 39 heteroatoms. The average molecular weight is 2350 g/mol. The van der Waals surface area contributed by atoms with Gasteiger partial charge in [0.2, 0.25) is 0 Å². The molecule has 0 radical (unpaired) electrons. The molecule has 123 heavy (non-hydrogen) atoms. The third-order valence-electron chi connectivity index (χ3n) is 17.6. The Morgan fingerprint density at radius 3 is 1.54 bits per heavy atom. The number of halogens is 8. The predicted molar refractivity (Wildman–Crippen MR) is 514 cm³/mol. The number of fused-ring (bicyclic) bond motifs is 5. The minimum atomic E-state index is -3.39. The first-order valence-corrected chi connectivity index (χ1v) is 45.7. The van der Waals surface area contributed by atoms with E-state index >= 15 is 0 Å². The largest absolute Gasteiger partial charge is 0.504 e. The van der Waals surface area contributed by atoms with E-state index in [1.54, 1.807) is 112 Å². The van der Waals surface area contributed by atoms with Crippen LogP contribution in [0.1, 0.15) is 148 Å². The van der Waals surface area contributed by atoms with Crippen LogP contribution in [0.2, 0.25) is 0 Å². The maximum Gasteiger partial charge on any atom is 0.264 e. The molecule has 0 saturated carbocycles. The zero-order chi connectivity index (χ0) is 90.9. The normalized spacial score (nSPS) is 12.8. The Morgan fingerprint density at radius 1 is 0.618 bits per heavy atom. The number of carbonyl (C=O) groups excluding carboxylic acids is 2. The highest BCUT2D eigenvalue weighted by molar-refractivity contribution is 14.1. The number of carbonyl (C=O) groups is 2. The summed E-state index contributed by atoms with van der Waals surface area (Å²) < 4.78 is 56.2. The number of rotatable bonds is 15. The third-order valence-corrected chi connectivity index (χ3v) is 24.2. The molecule has 13 rings (SSSR count). The van der Waals surface area contributed by atoms with E-state index in [0.29, 0.717) is 89.3 Å². The number of hydrogen-bond donors (Lipinski definition) is 7. The molecule has 2 bridgehead atoms. The Labute approximate surface area is 796 Å². The quantitative estimate of drug-likeness (QED) is 0.0370. The summed E-state index contributed by atoms with van der Waals surface area (Å²) in [6, 6.07) is 51.2. The summed E-state index contributed by atoms with van der Waals surface area (Å²) in [6.45, 7) is 10.3. The summed E-state index contributed by atoms with van der Waals surface area (Å²) >= 11 is 23.2. The number of ether oxygens (including phenoxy) is 3. The highest BCUT2D eigenvalue weighted by atomic mass is 127. The van der Waals surface area contributed by atoms with Crippen molar-refractivity contribution in [2.45, 2.75) is 84.8 Å². The van der Waals surface area contributed by atoms with Gasteiger partial charge in [-0.1, -0.05) is 91.0 Å². The van der Waals surface area contributed by atoms with Gasteiger partial charge >= 0.3 is 0 Å². The van der Waals surface area contributed by atoms with Crippen molar-refractivity contribution < 1.29 is 46.6 Å². The number of nitrogens with zero attached hydrogens (tertiary/aromatic N) is 15. The molecule has 11 N–H and O–H groups in total. The van der Waals surface area contributed by atoms with Crippen molar-refractivity contribution in [1.29, 1.82) is 15.8 Å². The molecule has 0 saturated heterocycles. The summed E-state index contributed by atoms with van der Waals surface area (Å²) in [4.78, 5) is 45.6. The molecule has 8 heterocycles. The number of benzene rings is 5. The maximum absolute atomic E-state index is 13.2. The molecular formula is C84H86Br5I3N20O10S. The summed E-state index contributed by atoms with van der Waals surface area (Å²) in [5.74, 6) is 2.13. The molecule has 0 fully saturated rings. The number of amides is 2. The Morgan fingerprint density at radius 2 is 1.06 bits per heavy atom. The molecule has 644 valence electrons. The summed E-state index contributed by atoms with van der Waals surface area (Å²) in [5.41, 5.74) is 33.2. The fourth-order valence-electron chi connectivity index (χ4n) is 11.6. The van der Waals surface area contributed by atoms with Gasteiger partial charge in [0.05, 0.1) is 51.5 Å². The van der Waals surface area contributed by atoms with Crippen LogP contribution in [0.4, 0.5) is 23.3 Å². The molecule has 0 aliphatic carbocycles. The second kappa shape index (κ2) is 47.6. The first-order chi connectivity index (χ1) is 58.2. The Kier molecular flexibility index (Phi) is 38.9. The second-order valence-corrected chi connectivity index (χ2v) is 36.2. The van der Waals surface area contributed by atoms with E-state index < -0.39 is 28.4 Å². The van der Waals surface area contributed by atoms with Crippen molar-refractivity contribution in [3.8, 4) is 52.3 Å². The lowest BCUT2D eigenvalue weighted by Gasteiger charge is -2.23. The van der Waals surface area contributed by atoms with Gasteiger partial charge in [-0.2, -0.15) is 39.5 Å². The van der Waals surface area contributed by atoms with Gasteiger partial charge in [-0.3, -0.25) is 27.8 Å². The molecule has 1 aliphatic rings. The number of nitrogens with two attached hydrogens (primary N) is 4. The zero-order valence-electron chi connectivity index (χ0n) is 68.3. The number of nitriles is 3. The zero-order valence-corrected chi connectivity index (χ0v) is 83.5. The minimum Gasteiger partial charge on any atom is -0.504 e. The highest BCUT2D eigenvalue weighted by Crippen LogP contribution is 2.38. The van der Waals surface area contributed by atoms with Crippen molar-refractivity contribution in [3.05, 3.63) is 277 Å². The number of anilines is 4. The minimum absolute atomic E-state index is 0.00405. The smallest absolute Gasteiger partial charge is 0.264 e. The van der Waals surface area contributed by atoms with Gasteiger partial charge in [-0.25, -0.2) is 19.9 Å². The number of aliphatic hydroxyl groups is 1. The molecule has 12 aromatic rings. The van der Waals surface area contributed by atoms with E-state index in [9.17, 15) is 33.6 Å². The van der Waals surface area contributed by atoms with Crippen molar-refractivity contribution in [2.75, 3.05) is 50.3 Å². The number of aliphatic hydroxyl groups excluding tert-OH is 1. The molecule has 0 spiro atoms. The fraction of sp³-hybridized carbons (Fsp3) is 0.238. The van der Waals surface area contributed by atoms with Gasteiger partial charge in [0, 0.05) is 130 Å². The molecule has 2 amide bonds. The lowest BCUT2D eigenvalue weighted by atomic mass is 10.0. The van der Waals surface area contributed by atoms with Crippen molar-refractivity contribution >= 4 is 193 Å². The lowest BCUT2D eigenvalue weighted by molar-refractivity contribution is 0.0771. The molecule has 5 aromatic carbocycles. The van der Waals surface area contributed by atoms with Crippen LogP contribution in [0.15, 0.2) is 193 Å². The molecule has 30 nitrogen and oxygen atoms in total. The second-order valence-electron chi connectivity index (χ2n) is 26.8. The Hall–Kier alpha value is -9.44. The molecule has 1 aliphatic heterocycles. The van der Waals surface area contributed by atoms with Gasteiger partial charge < -0.3 is 62.5 Å². The number of aromatic hydroxyl groups is 1. The van der Waals surface area contributed by atoms with E-state index in [-0.39, 0.29) is 60.3 Å². The van der Waals surface area contributed by atoms with Crippen molar-refractivity contribution in [3.63, 3.8) is 0 Å². The molecular weight excluding hydrogens is 2260 g/mol. The van der Waals surface area contributed by atoms with E-state index in [0.717, 1.165) is 60.3 Å². The Balaban J connectivity index is 0.000000207. The van der Waals surface area contributed by atoms with Crippen LogP contribution in [0.25, 0.3) is 11.1 Å². The average Bonchev–Trinajstić information content (AvgIpc) is 1.63. The van der Waals surface area contributed by atoms with Crippen LogP contribution in [0.5, 0.6) is 23.0 Å². The van der Waals surface area contributed by atoms with Gasteiger partial charge in [0.25, 0.3) is 21.9 Å². The monoisotopic (exact) mass is 2340 g/mol. The first-order valence-electron chi connectivity index (χ1n) is 36.7. The van der Waals surface area contributed by atoms with Crippen LogP contribution in [-0.4, -0.2) is 117 Å². The molecule has 7 aromatic heterocycles. The topological polar surface area (TPSA) is 445 Å². The summed E-state index contributed by atoms with van der Waals surface area (Å²) in [5, 5.41) is 61.6. The van der Waals surface area contributed by atoms with Crippen LogP contribution in [0, 0.1) is 44.7 Å². The number of nitrogens with one attached hydrogen (secondary N) is 1. The van der Waals surface area contributed by atoms with E-state index in [4.69, 9.17) is 51.7 Å². The fourth-order valence-corrected chi connectivity index (χ4v) is 16.8. The number of hydrogen-bond acceptors (Lipinski definition) is 25. The SMILES string of the molecule is CNCc1nn(C)c(C#N)c1Br.C[C@@H](Oc1cc(Br)cnc1N)c1ccccc1C(=O)N(C)Cc1nn(C)c(C#N)c1Br.C[C@@H](Oc1cc(Br)cnc1N)c1ccccc1I.C[C@H](O)c1ccccc1I.C[C@H](OS(C)(=O)=O)c1ccccc1I.C[C@H]1Oc2cc(cnc2N)-c2c(nn(C)c2C#N)CN(C)C(=O)c2ccccc21.Nc1ncc(Br)cc1O. The number of nitrogen functional groups attached to an aromatic ring is 4.